The van der Waals surface area contributed by atoms with Gasteiger partial charge in [0.05, 0.1) is 23.5 Å². The van der Waals surface area contributed by atoms with Gasteiger partial charge in [0, 0.05) is 18.2 Å². The third-order valence-corrected chi connectivity index (χ3v) is 4.98. The van der Waals surface area contributed by atoms with Gasteiger partial charge in [0.2, 0.25) is 17.8 Å². The number of nitrogens with zero attached hydrogens (tertiary/aromatic N) is 2. The standard InChI is InChI=1S/C21H18N6O6/c1-33-12-8-6-11(7-9-12)22-21-25-18-17(20(30)26-21)13(10-16(28)24-18)19(29)23-14-4-2-3-5-15(14)27(31)32/h2-9,13H,10H2,1H3,(H,23,29)(H3,22,24,25,26,28,30)/t13-/m1/s1. The number of methoxy groups -OCH3 is 1. The Kier molecular flexibility index (Phi) is 5.72. The van der Waals surface area contributed by atoms with E-state index in [-0.39, 0.29) is 35.1 Å². The van der Waals surface area contributed by atoms with Gasteiger partial charge in [-0.15, -0.1) is 0 Å². The van der Waals surface area contributed by atoms with Crippen molar-refractivity contribution < 1.29 is 19.2 Å². The maximum absolute atomic E-state index is 12.9. The van der Waals surface area contributed by atoms with Gasteiger partial charge < -0.3 is 20.7 Å². The lowest BCUT2D eigenvalue weighted by Crippen LogP contribution is -2.36. The van der Waals surface area contributed by atoms with Gasteiger partial charge in [-0.05, 0) is 30.3 Å². The van der Waals surface area contributed by atoms with Crippen molar-refractivity contribution in [1.82, 2.24) is 9.97 Å². The Morgan fingerprint density at radius 3 is 2.61 bits per heavy atom. The van der Waals surface area contributed by atoms with Gasteiger partial charge in [-0.3, -0.25) is 29.5 Å². The highest BCUT2D eigenvalue weighted by molar-refractivity contribution is 6.05. The summed E-state index contributed by atoms with van der Waals surface area (Å²) < 4.78 is 5.10. The van der Waals surface area contributed by atoms with Crippen LogP contribution in [0.1, 0.15) is 17.9 Å². The summed E-state index contributed by atoms with van der Waals surface area (Å²) in [6.07, 6.45) is -0.310. The summed E-state index contributed by atoms with van der Waals surface area (Å²) in [4.78, 5) is 55.3. The van der Waals surface area contributed by atoms with Crippen LogP contribution in [0.5, 0.6) is 5.75 Å². The number of carbonyl (C=O) groups is 2. The third-order valence-electron chi connectivity index (χ3n) is 4.98. The number of benzene rings is 2. The molecule has 12 heteroatoms. The summed E-state index contributed by atoms with van der Waals surface area (Å²) in [6, 6.07) is 12.4. The number of nitrogens with one attached hydrogen (secondary N) is 4. The topological polar surface area (TPSA) is 168 Å². The molecule has 0 unspecified atom stereocenters. The van der Waals surface area contributed by atoms with Crippen molar-refractivity contribution in [3.8, 4) is 5.75 Å². The molecule has 0 fully saturated rings. The number of aromatic amines is 1. The highest BCUT2D eigenvalue weighted by Crippen LogP contribution is 2.31. The third kappa shape index (κ3) is 4.49. The molecule has 4 rings (SSSR count). The zero-order valence-corrected chi connectivity index (χ0v) is 17.2. The van der Waals surface area contributed by atoms with Crippen molar-refractivity contribution in [1.29, 1.82) is 0 Å². The van der Waals surface area contributed by atoms with E-state index in [4.69, 9.17) is 4.74 Å². The molecule has 0 spiro atoms. The second-order valence-corrected chi connectivity index (χ2v) is 7.10. The number of amides is 2. The molecule has 0 radical (unpaired) electrons. The van der Waals surface area contributed by atoms with Crippen molar-refractivity contribution in [3.05, 3.63) is 74.6 Å². The highest BCUT2D eigenvalue weighted by atomic mass is 16.6. The molecule has 1 atom stereocenters. The van der Waals surface area contributed by atoms with E-state index < -0.39 is 28.2 Å². The lowest BCUT2D eigenvalue weighted by Gasteiger charge is -2.23. The molecule has 2 aromatic carbocycles. The van der Waals surface area contributed by atoms with Crippen molar-refractivity contribution in [2.24, 2.45) is 0 Å². The number of ether oxygens (including phenoxy) is 1. The fourth-order valence-corrected chi connectivity index (χ4v) is 3.42. The van der Waals surface area contributed by atoms with Crippen LogP contribution in [0.25, 0.3) is 0 Å². The van der Waals surface area contributed by atoms with E-state index in [1.807, 2.05) is 0 Å². The first-order chi connectivity index (χ1) is 15.9. The van der Waals surface area contributed by atoms with Crippen LogP contribution < -0.4 is 26.2 Å². The summed E-state index contributed by atoms with van der Waals surface area (Å²) in [7, 11) is 1.54. The minimum atomic E-state index is -1.18. The second-order valence-electron chi connectivity index (χ2n) is 7.10. The van der Waals surface area contributed by atoms with E-state index >= 15 is 0 Å². The van der Waals surface area contributed by atoms with E-state index in [0.717, 1.165) is 0 Å². The van der Waals surface area contributed by atoms with Gasteiger partial charge in [-0.1, -0.05) is 12.1 Å². The number of nitro groups is 1. The number of hydrogen-bond acceptors (Lipinski definition) is 8. The molecule has 12 nitrogen and oxygen atoms in total. The molecule has 1 aliphatic rings. The highest BCUT2D eigenvalue weighted by Gasteiger charge is 2.35. The first kappa shape index (κ1) is 21.5. The average Bonchev–Trinajstić information content (AvgIpc) is 2.79. The SMILES string of the molecule is COc1ccc(Nc2nc3c(c(=O)[nH]2)[C@H](C(=O)Nc2ccccc2[N+](=O)[O-])CC(=O)N3)cc1. The number of hydrogen-bond donors (Lipinski definition) is 4. The number of fused-ring (bicyclic) bond motifs is 1. The van der Waals surface area contributed by atoms with Crippen LogP contribution in [0.3, 0.4) is 0 Å². The van der Waals surface area contributed by atoms with Gasteiger partial charge in [0.15, 0.2) is 0 Å². The number of rotatable bonds is 6. The molecule has 4 N–H and O–H groups in total. The van der Waals surface area contributed by atoms with Gasteiger partial charge in [-0.25, -0.2) is 0 Å². The normalized spacial score (nSPS) is 14.6. The van der Waals surface area contributed by atoms with E-state index in [9.17, 15) is 24.5 Å². The van der Waals surface area contributed by atoms with Gasteiger partial charge in [0.25, 0.3) is 11.2 Å². The van der Waals surface area contributed by atoms with Crippen LogP contribution in [0.15, 0.2) is 53.3 Å². The van der Waals surface area contributed by atoms with Crippen molar-refractivity contribution in [2.75, 3.05) is 23.1 Å². The maximum Gasteiger partial charge on any atom is 0.292 e. The zero-order valence-electron chi connectivity index (χ0n) is 17.2. The smallest absolute Gasteiger partial charge is 0.292 e. The fraction of sp³-hybridized carbons (Fsp3) is 0.143. The average molecular weight is 450 g/mol. The number of carbonyl (C=O) groups excluding carboxylic acids is 2. The van der Waals surface area contributed by atoms with E-state index in [2.05, 4.69) is 25.9 Å². The molecule has 0 saturated heterocycles. The molecule has 1 aromatic heterocycles. The number of para-hydroxylation sites is 2. The summed E-state index contributed by atoms with van der Waals surface area (Å²) >= 11 is 0. The Morgan fingerprint density at radius 2 is 1.91 bits per heavy atom. The Hall–Kier alpha value is -4.74. The molecule has 2 amide bonds. The quantitative estimate of drug-likeness (QED) is 0.328. The lowest BCUT2D eigenvalue weighted by atomic mass is 9.92. The summed E-state index contributed by atoms with van der Waals surface area (Å²) in [6.45, 7) is 0. The number of anilines is 4. The molecule has 0 bridgehead atoms. The lowest BCUT2D eigenvalue weighted by molar-refractivity contribution is -0.383. The molecule has 0 aliphatic carbocycles. The van der Waals surface area contributed by atoms with Crippen molar-refractivity contribution >= 4 is 40.6 Å². The molecule has 168 valence electrons. The van der Waals surface area contributed by atoms with Gasteiger partial charge in [0.1, 0.15) is 17.3 Å². The molecular weight excluding hydrogens is 432 g/mol. The Balaban J connectivity index is 1.63. The maximum atomic E-state index is 12.9. The Bertz CT molecular complexity index is 1300. The molecule has 33 heavy (non-hydrogen) atoms. The van der Waals surface area contributed by atoms with Crippen LogP contribution >= 0.6 is 0 Å². The number of H-pyrrole nitrogens is 1. The van der Waals surface area contributed by atoms with Crippen LogP contribution in [-0.2, 0) is 9.59 Å². The van der Waals surface area contributed by atoms with Crippen molar-refractivity contribution in [3.63, 3.8) is 0 Å². The second kappa shape index (κ2) is 8.78. The molecule has 0 saturated carbocycles. The van der Waals surface area contributed by atoms with E-state index in [1.54, 1.807) is 24.3 Å². The number of nitro benzene ring substituents is 1. The van der Waals surface area contributed by atoms with Crippen molar-refractivity contribution in [2.45, 2.75) is 12.3 Å². The molecule has 2 heterocycles. The number of aromatic nitrogens is 2. The predicted molar refractivity (Wildman–Crippen MR) is 119 cm³/mol. The molecular formula is C21H18N6O6. The zero-order chi connectivity index (χ0) is 23.5. The largest absolute Gasteiger partial charge is 0.497 e. The van der Waals surface area contributed by atoms with Crippen LogP contribution in [-0.4, -0.2) is 33.8 Å². The monoisotopic (exact) mass is 450 g/mol. The minimum absolute atomic E-state index is 0.0361. The Labute approximate surface area is 186 Å². The summed E-state index contributed by atoms with van der Waals surface area (Å²) in [5.41, 5.74) is -0.406. The molecule has 1 aliphatic heterocycles. The minimum Gasteiger partial charge on any atom is -0.497 e. The van der Waals surface area contributed by atoms with Crippen LogP contribution in [0.2, 0.25) is 0 Å². The molecule has 3 aromatic rings. The summed E-state index contributed by atoms with van der Waals surface area (Å²) in [5.74, 6) is -1.79. The predicted octanol–water partition coefficient (Wildman–Crippen LogP) is 2.49. The first-order valence-electron chi connectivity index (χ1n) is 9.75. The first-order valence-corrected chi connectivity index (χ1v) is 9.75. The van der Waals surface area contributed by atoms with Gasteiger partial charge >= 0.3 is 0 Å². The van der Waals surface area contributed by atoms with E-state index in [1.165, 1.54) is 31.4 Å². The summed E-state index contributed by atoms with van der Waals surface area (Å²) in [5, 5.41) is 19.1. The fourth-order valence-electron chi connectivity index (χ4n) is 3.42. The Morgan fingerprint density at radius 1 is 1.18 bits per heavy atom. The van der Waals surface area contributed by atoms with Crippen LogP contribution in [0.4, 0.5) is 28.8 Å². The van der Waals surface area contributed by atoms with E-state index in [0.29, 0.717) is 11.4 Å². The van der Waals surface area contributed by atoms with Crippen LogP contribution in [0, 0.1) is 10.1 Å². The van der Waals surface area contributed by atoms with Gasteiger partial charge in [-0.2, -0.15) is 4.98 Å².